The van der Waals surface area contributed by atoms with E-state index in [0.29, 0.717) is 6.61 Å². The molecule has 0 saturated carbocycles. The highest BCUT2D eigenvalue weighted by Gasteiger charge is 2.02. The fourth-order valence-corrected chi connectivity index (χ4v) is 2.32. The lowest BCUT2D eigenvalue weighted by molar-refractivity contribution is 0.363. The van der Waals surface area contributed by atoms with Crippen molar-refractivity contribution in [3.63, 3.8) is 0 Å². The number of rotatable bonds is 4. The molecule has 90 valence electrons. The van der Waals surface area contributed by atoms with E-state index in [1.165, 1.54) is 11.3 Å². The van der Waals surface area contributed by atoms with Gasteiger partial charge < -0.3 is 4.74 Å². The van der Waals surface area contributed by atoms with Gasteiger partial charge in [-0.3, -0.25) is 0 Å². The van der Waals surface area contributed by atoms with Crippen LogP contribution in [-0.4, -0.2) is 6.61 Å². The molecular formula is C15H13NOS. The number of nitrogens with zero attached hydrogens (tertiary/aromatic N) is 1. The summed E-state index contributed by atoms with van der Waals surface area (Å²) in [4.78, 5) is 1.84. The molecule has 1 aromatic carbocycles. The maximum absolute atomic E-state index is 8.80. The van der Waals surface area contributed by atoms with E-state index in [1.54, 1.807) is 0 Å². The van der Waals surface area contributed by atoms with Crippen molar-refractivity contribution in [3.8, 4) is 22.3 Å². The summed E-state index contributed by atoms with van der Waals surface area (Å²) >= 11 is 1.50. The first-order valence-corrected chi connectivity index (χ1v) is 6.49. The molecule has 0 spiro atoms. The first-order valence-electron chi connectivity index (χ1n) is 5.68. The van der Waals surface area contributed by atoms with Crippen molar-refractivity contribution in [1.82, 2.24) is 0 Å². The van der Waals surface area contributed by atoms with E-state index in [4.69, 9.17) is 10.00 Å². The van der Waals surface area contributed by atoms with Gasteiger partial charge in [-0.2, -0.15) is 5.26 Å². The molecule has 2 rings (SSSR count). The average molecular weight is 255 g/mol. The molecule has 2 aromatic rings. The van der Waals surface area contributed by atoms with Gasteiger partial charge in [-0.25, -0.2) is 0 Å². The van der Waals surface area contributed by atoms with Crippen molar-refractivity contribution in [2.24, 2.45) is 0 Å². The minimum Gasteiger partial charge on any atom is -0.490 e. The van der Waals surface area contributed by atoms with Crippen LogP contribution in [0.2, 0.25) is 0 Å². The van der Waals surface area contributed by atoms with Gasteiger partial charge in [0.25, 0.3) is 0 Å². The van der Waals surface area contributed by atoms with Gasteiger partial charge in [0.15, 0.2) is 0 Å². The van der Waals surface area contributed by atoms with Crippen LogP contribution >= 0.6 is 11.3 Å². The lowest BCUT2D eigenvalue weighted by Crippen LogP contribution is -1.92. The van der Waals surface area contributed by atoms with Crippen molar-refractivity contribution < 1.29 is 4.74 Å². The summed E-state index contributed by atoms with van der Waals surface area (Å²) in [6, 6.07) is 13.9. The van der Waals surface area contributed by atoms with E-state index in [2.05, 4.69) is 6.07 Å². The summed E-state index contributed by atoms with van der Waals surface area (Å²) in [6.45, 7) is 2.56. The molecule has 0 N–H and O–H groups in total. The van der Waals surface area contributed by atoms with E-state index < -0.39 is 0 Å². The van der Waals surface area contributed by atoms with Gasteiger partial charge in [0, 0.05) is 4.88 Å². The smallest absolute Gasteiger partial charge is 0.119 e. The van der Waals surface area contributed by atoms with E-state index in [0.717, 1.165) is 21.1 Å². The van der Waals surface area contributed by atoms with Gasteiger partial charge >= 0.3 is 0 Å². The largest absolute Gasteiger partial charge is 0.490 e. The molecule has 0 amide bonds. The predicted molar refractivity (Wildman–Crippen MR) is 74.8 cm³/mol. The standard InChI is InChI=1S/C15H13NOS/c1-2-3-10-17-13-6-4-12(5-7-13)15-9-8-14(11-16)18-15/h2-9H,10H2,1H3. The van der Waals surface area contributed by atoms with Gasteiger partial charge in [0.1, 0.15) is 23.3 Å². The third-order valence-electron chi connectivity index (χ3n) is 2.44. The van der Waals surface area contributed by atoms with Gasteiger partial charge in [-0.1, -0.05) is 12.2 Å². The second kappa shape index (κ2) is 6.04. The van der Waals surface area contributed by atoms with Crippen LogP contribution in [-0.2, 0) is 0 Å². The van der Waals surface area contributed by atoms with Gasteiger partial charge in [0.2, 0.25) is 0 Å². The summed E-state index contributed by atoms with van der Waals surface area (Å²) in [5, 5.41) is 8.80. The Morgan fingerprint density at radius 3 is 2.61 bits per heavy atom. The number of benzene rings is 1. The van der Waals surface area contributed by atoms with Gasteiger partial charge in [-0.15, -0.1) is 11.3 Å². The maximum Gasteiger partial charge on any atom is 0.119 e. The van der Waals surface area contributed by atoms with Crippen LogP contribution in [0.25, 0.3) is 10.4 Å². The number of hydrogen-bond acceptors (Lipinski definition) is 3. The van der Waals surface area contributed by atoms with E-state index in [-0.39, 0.29) is 0 Å². The molecule has 0 aliphatic rings. The zero-order chi connectivity index (χ0) is 12.8. The van der Waals surface area contributed by atoms with Crippen LogP contribution in [0.1, 0.15) is 11.8 Å². The average Bonchev–Trinajstić information content (AvgIpc) is 2.89. The van der Waals surface area contributed by atoms with Gasteiger partial charge in [-0.05, 0) is 48.9 Å². The van der Waals surface area contributed by atoms with Crippen LogP contribution in [0, 0.1) is 11.3 Å². The van der Waals surface area contributed by atoms with Crippen LogP contribution < -0.4 is 4.74 Å². The van der Waals surface area contributed by atoms with E-state index >= 15 is 0 Å². The minimum absolute atomic E-state index is 0.591. The molecular weight excluding hydrogens is 242 g/mol. The molecule has 0 bridgehead atoms. The molecule has 0 aliphatic carbocycles. The molecule has 18 heavy (non-hydrogen) atoms. The number of nitriles is 1. The molecule has 1 aromatic heterocycles. The van der Waals surface area contributed by atoms with Gasteiger partial charge in [0.05, 0.1) is 0 Å². The van der Waals surface area contributed by atoms with E-state index in [1.807, 2.05) is 55.5 Å². The number of ether oxygens (including phenoxy) is 1. The Kier molecular flexibility index (Phi) is 4.16. The van der Waals surface area contributed by atoms with Crippen molar-refractivity contribution in [2.45, 2.75) is 6.92 Å². The second-order valence-electron chi connectivity index (χ2n) is 3.68. The van der Waals surface area contributed by atoms with Crippen LogP contribution in [0.4, 0.5) is 0 Å². The summed E-state index contributed by atoms with van der Waals surface area (Å²) < 4.78 is 5.53. The van der Waals surface area contributed by atoms with Crippen LogP contribution in [0.15, 0.2) is 48.6 Å². The Labute approximate surface area is 111 Å². The van der Waals surface area contributed by atoms with Crippen molar-refractivity contribution in [1.29, 1.82) is 5.26 Å². The Hall–Kier alpha value is -2.05. The topological polar surface area (TPSA) is 33.0 Å². The SMILES string of the molecule is CC=CCOc1ccc(-c2ccc(C#N)s2)cc1. The molecule has 2 nitrogen and oxygen atoms in total. The third kappa shape index (κ3) is 2.99. The van der Waals surface area contributed by atoms with Crippen molar-refractivity contribution in [2.75, 3.05) is 6.61 Å². The summed E-state index contributed by atoms with van der Waals surface area (Å²) in [6.07, 6.45) is 3.93. The zero-order valence-electron chi connectivity index (χ0n) is 10.1. The van der Waals surface area contributed by atoms with Crippen molar-refractivity contribution >= 4 is 11.3 Å². The Balaban J connectivity index is 2.10. The highest BCUT2D eigenvalue weighted by Crippen LogP contribution is 2.28. The minimum atomic E-state index is 0.591. The lowest BCUT2D eigenvalue weighted by atomic mass is 10.2. The summed E-state index contributed by atoms with van der Waals surface area (Å²) in [7, 11) is 0. The molecule has 0 aliphatic heterocycles. The number of thiophene rings is 1. The van der Waals surface area contributed by atoms with Crippen LogP contribution in [0.3, 0.4) is 0 Å². The summed E-state index contributed by atoms with van der Waals surface area (Å²) in [5.74, 6) is 0.855. The Morgan fingerprint density at radius 2 is 2.00 bits per heavy atom. The normalized spacial score (nSPS) is 10.4. The molecule has 1 heterocycles. The summed E-state index contributed by atoms with van der Waals surface area (Å²) in [5.41, 5.74) is 1.11. The molecule has 0 radical (unpaired) electrons. The lowest BCUT2D eigenvalue weighted by Gasteiger charge is -2.03. The molecule has 0 unspecified atom stereocenters. The Morgan fingerprint density at radius 1 is 1.22 bits per heavy atom. The monoisotopic (exact) mass is 255 g/mol. The van der Waals surface area contributed by atoms with Crippen LogP contribution in [0.5, 0.6) is 5.75 Å². The first kappa shape index (κ1) is 12.4. The fraction of sp³-hybridized carbons (Fsp3) is 0.133. The predicted octanol–water partition coefficient (Wildman–Crippen LogP) is 4.24. The van der Waals surface area contributed by atoms with E-state index in [9.17, 15) is 0 Å². The number of hydrogen-bond donors (Lipinski definition) is 0. The quantitative estimate of drug-likeness (QED) is 0.765. The highest BCUT2D eigenvalue weighted by atomic mass is 32.1. The molecule has 0 fully saturated rings. The molecule has 0 atom stereocenters. The maximum atomic E-state index is 8.80. The third-order valence-corrected chi connectivity index (χ3v) is 3.48. The first-order chi connectivity index (χ1) is 8.83. The zero-order valence-corrected chi connectivity index (χ0v) is 10.9. The molecule has 0 saturated heterocycles. The van der Waals surface area contributed by atoms with Crippen molar-refractivity contribution in [3.05, 3.63) is 53.4 Å². The fourth-order valence-electron chi connectivity index (χ4n) is 1.51. The second-order valence-corrected chi connectivity index (χ2v) is 4.76. The Bertz CT molecular complexity index is 575. The highest BCUT2D eigenvalue weighted by molar-refractivity contribution is 7.16. The molecule has 3 heteroatoms. The number of allylic oxidation sites excluding steroid dienone is 1.